The lowest BCUT2D eigenvalue weighted by Gasteiger charge is -2.14. The number of halogens is 2. The van der Waals surface area contributed by atoms with Gasteiger partial charge < -0.3 is 15.5 Å². The van der Waals surface area contributed by atoms with Crippen molar-refractivity contribution in [2.75, 3.05) is 6.54 Å². The summed E-state index contributed by atoms with van der Waals surface area (Å²) >= 11 is 12.0. The van der Waals surface area contributed by atoms with Crippen LogP contribution in [0.5, 0.6) is 0 Å². The molecule has 2 aromatic carbocycles. The van der Waals surface area contributed by atoms with Gasteiger partial charge in [-0.25, -0.2) is 0 Å². The van der Waals surface area contributed by atoms with E-state index >= 15 is 0 Å². The molecule has 0 saturated heterocycles. The first-order valence-corrected chi connectivity index (χ1v) is 7.38. The van der Waals surface area contributed by atoms with Crippen LogP contribution in [0.2, 0.25) is 10.0 Å². The Morgan fingerprint density at radius 1 is 1.00 bits per heavy atom. The number of hydrogen-bond acceptors (Lipinski definition) is 3. The maximum Gasteiger partial charge on any atom is 0.0929 e. The van der Waals surface area contributed by atoms with E-state index in [0.29, 0.717) is 28.7 Å². The Hall–Kier alpha value is -1.10. The van der Waals surface area contributed by atoms with Gasteiger partial charge in [-0.3, -0.25) is 0 Å². The van der Waals surface area contributed by atoms with E-state index in [1.165, 1.54) is 0 Å². The van der Waals surface area contributed by atoms with E-state index in [1.54, 1.807) is 18.2 Å². The molecule has 2 aromatic rings. The molecule has 0 spiro atoms. The summed E-state index contributed by atoms with van der Waals surface area (Å²) in [5, 5.41) is 23.3. The zero-order valence-corrected chi connectivity index (χ0v) is 12.9. The second kappa shape index (κ2) is 7.78. The minimum atomic E-state index is -0.715. The highest BCUT2D eigenvalue weighted by atomic mass is 35.5. The minimum Gasteiger partial charge on any atom is -0.392 e. The van der Waals surface area contributed by atoms with Crippen molar-refractivity contribution in [1.29, 1.82) is 0 Å². The molecule has 0 saturated carbocycles. The first-order chi connectivity index (χ1) is 10.1. The third-order valence-electron chi connectivity index (χ3n) is 3.19. The molecule has 3 N–H and O–H groups in total. The maximum atomic E-state index is 10.1. The summed E-state index contributed by atoms with van der Waals surface area (Å²) in [4.78, 5) is 0. The Kier molecular flexibility index (Phi) is 6.03. The van der Waals surface area contributed by atoms with Crippen molar-refractivity contribution in [3.63, 3.8) is 0 Å². The maximum absolute atomic E-state index is 10.1. The molecule has 0 amide bonds. The number of hydrogen-bond donors (Lipinski definition) is 3. The van der Waals surface area contributed by atoms with Crippen LogP contribution in [0.25, 0.3) is 0 Å². The van der Waals surface area contributed by atoms with Crippen molar-refractivity contribution >= 4 is 23.2 Å². The summed E-state index contributed by atoms with van der Waals surface area (Å²) < 4.78 is 0. The minimum absolute atomic E-state index is 0.0414. The van der Waals surface area contributed by atoms with E-state index in [-0.39, 0.29) is 6.61 Å². The molecule has 0 aromatic heterocycles. The molecule has 0 aliphatic rings. The van der Waals surface area contributed by atoms with Gasteiger partial charge in [-0.15, -0.1) is 0 Å². The number of rotatable bonds is 6. The van der Waals surface area contributed by atoms with Crippen LogP contribution in [0.4, 0.5) is 0 Å². The number of nitrogens with one attached hydrogen (secondary N) is 1. The molecule has 21 heavy (non-hydrogen) atoms. The summed E-state index contributed by atoms with van der Waals surface area (Å²) in [5.41, 5.74) is 2.58. The average molecular weight is 326 g/mol. The Labute approximate surface area is 134 Å². The monoisotopic (exact) mass is 325 g/mol. The van der Waals surface area contributed by atoms with Crippen LogP contribution in [-0.4, -0.2) is 16.8 Å². The molecule has 0 aliphatic carbocycles. The zero-order chi connectivity index (χ0) is 15.2. The topological polar surface area (TPSA) is 52.5 Å². The quantitative estimate of drug-likeness (QED) is 0.763. The van der Waals surface area contributed by atoms with Crippen molar-refractivity contribution in [1.82, 2.24) is 5.32 Å². The van der Waals surface area contributed by atoms with E-state index in [0.717, 1.165) is 11.1 Å². The van der Waals surface area contributed by atoms with E-state index in [1.807, 2.05) is 24.3 Å². The molecule has 1 unspecified atom stereocenters. The van der Waals surface area contributed by atoms with Crippen LogP contribution in [-0.2, 0) is 13.2 Å². The Morgan fingerprint density at radius 2 is 1.67 bits per heavy atom. The summed E-state index contributed by atoms with van der Waals surface area (Å²) in [6.07, 6.45) is -0.715. The van der Waals surface area contributed by atoms with Gasteiger partial charge in [0.2, 0.25) is 0 Å². The molecule has 3 nitrogen and oxygen atoms in total. The highest BCUT2D eigenvalue weighted by molar-refractivity contribution is 6.33. The van der Waals surface area contributed by atoms with Crippen LogP contribution in [0.15, 0.2) is 42.5 Å². The van der Waals surface area contributed by atoms with Crippen molar-refractivity contribution in [2.24, 2.45) is 0 Å². The second-order valence-electron chi connectivity index (χ2n) is 4.79. The summed E-state index contributed by atoms with van der Waals surface area (Å²) in [6.45, 7) is 1.04. The van der Waals surface area contributed by atoms with Crippen LogP contribution in [0.1, 0.15) is 22.8 Å². The van der Waals surface area contributed by atoms with Gasteiger partial charge >= 0.3 is 0 Å². The molecular formula is C16H17Cl2NO2. The van der Waals surface area contributed by atoms with Gasteiger partial charge in [0.15, 0.2) is 0 Å². The average Bonchev–Trinajstić information content (AvgIpc) is 2.50. The lowest BCUT2D eigenvalue weighted by molar-refractivity contribution is 0.174. The predicted octanol–water partition coefficient (Wildman–Crippen LogP) is 3.31. The fourth-order valence-electron chi connectivity index (χ4n) is 2.00. The van der Waals surface area contributed by atoms with E-state index < -0.39 is 6.10 Å². The van der Waals surface area contributed by atoms with E-state index in [2.05, 4.69) is 5.32 Å². The van der Waals surface area contributed by atoms with Gasteiger partial charge in [-0.2, -0.15) is 0 Å². The molecule has 0 bridgehead atoms. The van der Waals surface area contributed by atoms with Crippen LogP contribution >= 0.6 is 23.2 Å². The van der Waals surface area contributed by atoms with Crippen LogP contribution in [0.3, 0.4) is 0 Å². The first-order valence-electron chi connectivity index (χ1n) is 6.62. The van der Waals surface area contributed by atoms with E-state index in [4.69, 9.17) is 28.3 Å². The van der Waals surface area contributed by atoms with Gasteiger partial charge in [-0.1, -0.05) is 47.5 Å². The number of aliphatic hydroxyl groups is 2. The summed E-state index contributed by atoms with van der Waals surface area (Å²) in [6, 6.07) is 12.7. The highest BCUT2D eigenvalue weighted by Crippen LogP contribution is 2.26. The van der Waals surface area contributed by atoms with Crippen LogP contribution < -0.4 is 5.32 Å². The lowest BCUT2D eigenvalue weighted by Crippen LogP contribution is -2.21. The molecular weight excluding hydrogens is 309 g/mol. The fraction of sp³-hybridized carbons (Fsp3) is 0.250. The normalized spacial score (nSPS) is 12.4. The van der Waals surface area contributed by atoms with E-state index in [9.17, 15) is 5.11 Å². The predicted molar refractivity (Wildman–Crippen MR) is 85.5 cm³/mol. The third kappa shape index (κ3) is 4.70. The first kappa shape index (κ1) is 16.3. The molecule has 112 valence electrons. The molecule has 0 aliphatic heterocycles. The van der Waals surface area contributed by atoms with Crippen LogP contribution in [0, 0.1) is 0 Å². The third-order valence-corrected chi connectivity index (χ3v) is 3.77. The summed E-state index contributed by atoms with van der Waals surface area (Å²) in [5.74, 6) is 0. The van der Waals surface area contributed by atoms with Gasteiger partial charge in [0.05, 0.1) is 12.7 Å². The van der Waals surface area contributed by atoms with Crippen molar-refractivity contribution in [3.05, 3.63) is 69.2 Å². The highest BCUT2D eigenvalue weighted by Gasteiger charge is 2.11. The molecule has 0 heterocycles. The lowest BCUT2D eigenvalue weighted by atomic mass is 10.1. The molecule has 0 radical (unpaired) electrons. The number of aliphatic hydroxyl groups excluding tert-OH is 2. The Bertz CT molecular complexity index is 587. The molecule has 5 heteroatoms. The Balaban J connectivity index is 1.88. The Morgan fingerprint density at radius 3 is 2.33 bits per heavy atom. The second-order valence-corrected chi connectivity index (χ2v) is 5.63. The number of benzene rings is 2. The van der Waals surface area contributed by atoms with Gasteiger partial charge in [0.1, 0.15) is 0 Å². The van der Waals surface area contributed by atoms with Gasteiger partial charge in [0, 0.05) is 28.7 Å². The molecule has 0 fully saturated rings. The largest absolute Gasteiger partial charge is 0.392 e. The SMILES string of the molecule is OCc1ccc(CNCC(O)c2cc(Cl)ccc2Cl)cc1. The molecule has 1 atom stereocenters. The molecule has 2 rings (SSSR count). The van der Waals surface area contributed by atoms with Crippen molar-refractivity contribution in [3.8, 4) is 0 Å². The van der Waals surface area contributed by atoms with Crippen molar-refractivity contribution < 1.29 is 10.2 Å². The smallest absolute Gasteiger partial charge is 0.0929 e. The van der Waals surface area contributed by atoms with Gasteiger partial charge in [-0.05, 0) is 29.3 Å². The fourth-order valence-corrected chi connectivity index (χ4v) is 2.42. The zero-order valence-electron chi connectivity index (χ0n) is 11.4. The standard InChI is InChI=1S/C16H17Cl2NO2/c17-13-5-6-15(18)14(7-13)16(21)9-19-8-11-1-3-12(10-20)4-2-11/h1-7,16,19-21H,8-10H2. The van der Waals surface area contributed by atoms with Crippen molar-refractivity contribution in [2.45, 2.75) is 19.3 Å². The van der Waals surface area contributed by atoms with Gasteiger partial charge in [0.25, 0.3) is 0 Å². The summed E-state index contributed by atoms with van der Waals surface area (Å²) in [7, 11) is 0.